The molecule has 1 aromatic carbocycles. The third-order valence-corrected chi connectivity index (χ3v) is 4.69. The van der Waals surface area contributed by atoms with Crippen LogP contribution in [-0.2, 0) is 9.05 Å². The summed E-state index contributed by atoms with van der Waals surface area (Å²) in [5.74, 6) is -0.185. The van der Waals surface area contributed by atoms with Crippen LogP contribution in [0, 0.1) is 6.92 Å². The number of unbranched alkanes of at least 4 members (excludes halogenated alkanes) is 2. The topological polar surface area (TPSA) is 63.2 Å². The van der Waals surface area contributed by atoms with E-state index in [1.165, 1.54) is 18.2 Å². The molecule has 1 unspecified atom stereocenters. The van der Waals surface area contributed by atoms with Gasteiger partial charge < -0.3 is 5.32 Å². The number of nitrogens with one attached hydrogen (secondary N) is 1. The van der Waals surface area contributed by atoms with Crippen LogP contribution >= 0.6 is 10.7 Å². The minimum Gasteiger partial charge on any atom is -0.350 e. The van der Waals surface area contributed by atoms with Crippen molar-refractivity contribution < 1.29 is 13.2 Å². The van der Waals surface area contributed by atoms with E-state index in [2.05, 4.69) is 12.2 Å². The highest BCUT2D eigenvalue weighted by atomic mass is 35.7. The first-order valence-electron chi connectivity index (χ1n) is 7.12. The summed E-state index contributed by atoms with van der Waals surface area (Å²) in [6.45, 7) is 5.81. The van der Waals surface area contributed by atoms with Crippen molar-refractivity contribution >= 4 is 25.6 Å². The fourth-order valence-electron chi connectivity index (χ4n) is 2.12. The van der Waals surface area contributed by atoms with Gasteiger partial charge in [-0.05, 0) is 44.0 Å². The van der Waals surface area contributed by atoms with Gasteiger partial charge in [-0.15, -0.1) is 0 Å². The van der Waals surface area contributed by atoms with Gasteiger partial charge in [0.1, 0.15) is 0 Å². The molecule has 0 aromatic heterocycles. The zero-order chi connectivity index (χ0) is 16.0. The van der Waals surface area contributed by atoms with Crippen molar-refractivity contribution in [2.45, 2.75) is 57.4 Å². The molecule has 1 aromatic rings. The van der Waals surface area contributed by atoms with Crippen LogP contribution in [0.4, 0.5) is 0 Å². The molecule has 1 amide bonds. The standard InChI is InChI=1S/C15H22ClNO3S/c1-4-5-6-7-12(3)17-15(18)14-9-8-13(10-11(14)2)21(16,19)20/h8-10,12H,4-7H2,1-3H3,(H,17,18). The Morgan fingerprint density at radius 1 is 1.33 bits per heavy atom. The van der Waals surface area contributed by atoms with Gasteiger partial charge in [0.25, 0.3) is 15.0 Å². The molecule has 0 aliphatic rings. The molecular weight excluding hydrogens is 310 g/mol. The average Bonchev–Trinajstić information content (AvgIpc) is 2.37. The monoisotopic (exact) mass is 331 g/mol. The number of aryl methyl sites for hydroxylation is 1. The van der Waals surface area contributed by atoms with Crippen molar-refractivity contribution in [2.75, 3.05) is 0 Å². The highest BCUT2D eigenvalue weighted by Gasteiger charge is 2.16. The Morgan fingerprint density at radius 3 is 2.52 bits per heavy atom. The third-order valence-electron chi connectivity index (χ3n) is 3.34. The maximum Gasteiger partial charge on any atom is 0.261 e. The van der Waals surface area contributed by atoms with Crippen LogP contribution in [0.25, 0.3) is 0 Å². The fourth-order valence-corrected chi connectivity index (χ4v) is 2.95. The second-order valence-electron chi connectivity index (χ2n) is 5.28. The molecule has 0 spiro atoms. The quantitative estimate of drug-likeness (QED) is 0.613. The molecule has 6 heteroatoms. The normalized spacial score (nSPS) is 13.0. The average molecular weight is 332 g/mol. The van der Waals surface area contributed by atoms with Crippen LogP contribution in [-0.4, -0.2) is 20.4 Å². The van der Waals surface area contributed by atoms with Gasteiger partial charge in [0, 0.05) is 22.3 Å². The fraction of sp³-hybridized carbons (Fsp3) is 0.533. The Balaban J connectivity index is 2.75. The first kappa shape index (κ1) is 18.0. The molecule has 0 aliphatic heterocycles. The van der Waals surface area contributed by atoms with Gasteiger partial charge in [-0.1, -0.05) is 26.2 Å². The summed E-state index contributed by atoms with van der Waals surface area (Å²) in [6, 6.07) is 4.36. The number of carbonyl (C=O) groups is 1. The number of rotatable bonds is 7. The smallest absolute Gasteiger partial charge is 0.261 e. The Hall–Kier alpha value is -1.07. The molecule has 1 atom stereocenters. The molecular formula is C15H22ClNO3S. The van der Waals surface area contributed by atoms with Crippen LogP contribution in [0.5, 0.6) is 0 Å². The molecule has 1 rings (SSSR count). The first-order chi connectivity index (χ1) is 9.75. The Bertz CT molecular complexity index is 599. The van der Waals surface area contributed by atoms with E-state index in [4.69, 9.17) is 10.7 Å². The number of amides is 1. The highest BCUT2D eigenvalue weighted by Crippen LogP contribution is 2.19. The van der Waals surface area contributed by atoms with Crippen LogP contribution in [0.3, 0.4) is 0 Å². The van der Waals surface area contributed by atoms with Gasteiger partial charge in [-0.2, -0.15) is 0 Å². The number of benzene rings is 1. The van der Waals surface area contributed by atoms with Crippen LogP contribution in [0.15, 0.2) is 23.1 Å². The molecule has 0 saturated carbocycles. The second-order valence-corrected chi connectivity index (χ2v) is 7.85. The van der Waals surface area contributed by atoms with Crippen LogP contribution in [0.2, 0.25) is 0 Å². The summed E-state index contributed by atoms with van der Waals surface area (Å²) in [7, 11) is 1.52. The maximum atomic E-state index is 12.2. The van der Waals surface area contributed by atoms with E-state index in [1.807, 2.05) is 6.92 Å². The predicted molar refractivity (Wildman–Crippen MR) is 85.3 cm³/mol. The van der Waals surface area contributed by atoms with Gasteiger partial charge in [-0.25, -0.2) is 8.42 Å². The maximum absolute atomic E-state index is 12.2. The van der Waals surface area contributed by atoms with Crippen molar-refractivity contribution in [2.24, 2.45) is 0 Å². The molecule has 1 N–H and O–H groups in total. The predicted octanol–water partition coefficient (Wildman–Crippen LogP) is 3.62. The number of hydrogen-bond acceptors (Lipinski definition) is 3. The Labute approximate surface area is 131 Å². The van der Waals surface area contributed by atoms with Crippen molar-refractivity contribution in [1.82, 2.24) is 5.32 Å². The van der Waals surface area contributed by atoms with Crippen LogP contribution < -0.4 is 5.32 Å². The molecule has 0 heterocycles. The first-order valence-corrected chi connectivity index (χ1v) is 9.42. The zero-order valence-electron chi connectivity index (χ0n) is 12.6. The van der Waals surface area contributed by atoms with Gasteiger partial charge in [-0.3, -0.25) is 4.79 Å². The summed E-state index contributed by atoms with van der Waals surface area (Å²) in [6.07, 6.45) is 4.32. The van der Waals surface area contributed by atoms with E-state index in [0.29, 0.717) is 11.1 Å². The second kappa shape index (κ2) is 7.80. The SMILES string of the molecule is CCCCCC(C)NC(=O)c1ccc(S(=O)(=O)Cl)cc1C. The molecule has 0 fully saturated rings. The summed E-state index contributed by atoms with van der Waals surface area (Å²) >= 11 is 0. The minimum absolute atomic E-state index is 0.00853. The molecule has 0 aliphatic carbocycles. The third kappa shape index (κ3) is 5.67. The molecule has 21 heavy (non-hydrogen) atoms. The molecule has 118 valence electrons. The lowest BCUT2D eigenvalue weighted by atomic mass is 10.1. The Morgan fingerprint density at radius 2 is 2.00 bits per heavy atom. The van der Waals surface area contributed by atoms with E-state index >= 15 is 0 Å². The highest BCUT2D eigenvalue weighted by molar-refractivity contribution is 8.13. The molecule has 0 saturated heterocycles. The van der Waals surface area contributed by atoms with Crippen molar-refractivity contribution in [3.05, 3.63) is 29.3 Å². The summed E-state index contributed by atoms with van der Waals surface area (Å²) in [5, 5.41) is 2.93. The largest absolute Gasteiger partial charge is 0.350 e. The number of carbonyl (C=O) groups excluding carboxylic acids is 1. The lowest BCUT2D eigenvalue weighted by molar-refractivity contribution is 0.0937. The van der Waals surface area contributed by atoms with E-state index < -0.39 is 9.05 Å². The van der Waals surface area contributed by atoms with Gasteiger partial charge in [0.15, 0.2) is 0 Å². The molecule has 4 nitrogen and oxygen atoms in total. The van der Waals surface area contributed by atoms with Gasteiger partial charge in [0.2, 0.25) is 0 Å². The Kier molecular flexibility index (Phi) is 6.68. The van der Waals surface area contributed by atoms with Crippen molar-refractivity contribution in [3.63, 3.8) is 0 Å². The van der Waals surface area contributed by atoms with E-state index in [9.17, 15) is 13.2 Å². The van der Waals surface area contributed by atoms with Gasteiger partial charge in [0.05, 0.1) is 4.90 Å². The molecule has 0 radical (unpaired) electrons. The minimum atomic E-state index is -3.77. The molecule has 0 bridgehead atoms. The zero-order valence-corrected chi connectivity index (χ0v) is 14.2. The van der Waals surface area contributed by atoms with E-state index in [-0.39, 0.29) is 16.8 Å². The van der Waals surface area contributed by atoms with Crippen LogP contribution in [0.1, 0.15) is 55.5 Å². The number of halogens is 1. The summed E-state index contributed by atoms with van der Waals surface area (Å²) in [4.78, 5) is 12.2. The van der Waals surface area contributed by atoms with Gasteiger partial charge >= 0.3 is 0 Å². The lowest BCUT2D eigenvalue weighted by Gasteiger charge is -2.15. The van der Waals surface area contributed by atoms with Crippen molar-refractivity contribution in [1.29, 1.82) is 0 Å². The summed E-state index contributed by atoms with van der Waals surface area (Å²) in [5.41, 5.74) is 1.07. The van der Waals surface area contributed by atoms with E-state index in [1.54, 1.807) is 6.92 Å². The van der Waals surface area contributed by atoms with E-state index in [0.717, 1.165) is 25.7 Å². The summed E-state index contributed by atoms with van der Waals surface area (Å²) < 4.78 is 22.5. The van der Waals surface area contributed by atoms with Crippen molar-refractivity contribution in [3.8, 4) is 0 Å². The number of hydrogen-bond donors (Lipinski definition) is 1. The lowest BCUT2D eigenvalue weighted by Crippen LogP contribution is -2.32.